The quantitative estimate of drug-likeness (QED) is 0.550. The van der Waals surface area contributed by atoms with E-state index >= 15 is 0 Å². The summed E-state index contributed by atoms with van der Waals surface area (Å²) in [4.78, 5) is 19.5. The van der Waals surface area contributed by atoms with Crippen molar-refractivity contribution in [1.29, 1.82) is 0 Å². The molecular formula is C16H8BClN2O2. The van der Waals surface area contributed by atoms with Crippen LogP contribution < -0.4 is 11.0 Å². The summed E-state index contributed by atoms with van der Waals surface area (Å²) < 4.78 is 5.56. The number of fused-ring (bicyclic) bond motifs is 3. The van der Waals surface area contributed by atoms with Crippen LogP contribution in [0.25, 0.3) is 33.5 Å². The van der Waals surface area contributed by atoms with E-state index in [-0.39, 0.29) is 11.1 Å². The van der Waals surface area contributed by atoms with Crippen molar-refractivity contribution < 1.29 is 4.42 Å². The normalized spacial score (nSPS) is 11.3. The van der Waals surface area contributed by atoms with Crippen molar-refractivity contribution in [2.24, 2.45) is 0 Å². The van der Waals surface area contributed by atoms with Gasteiger partial charge >= 0.3 is 0 Å². The predicted molar refractivity (Wildman–Crippen MR) is 88.0 cm³/mol. The fourth-order valence-electron chi connectivity index (χ4n) is 2.45. The number of aromatic nitrogens is 2. The van der Waals surface area contributed by atoms with Crippen LogP contribution in [0.15, 0.2) is 51.7 Å². The molecule has 104 valence electrons. The van der Waals surface area contributed by atoms with Gasteiger partial charge in [0.1, 0.15) is 24.8 Å². The van der Waals surface area contributed by atoms with Crippen molar-refractivity contribution in [2.45, 2.75) is 0 Å². The summed E-state index contributed by atoms with van der Waals surface area (Å²) in [7, 11) is 5.81. The molecule has 22 heavy (non-hydrogen) atoms. The van der Waals surface area contributed by atoms with E-state index in [0.717, 1.165) is 0 Å². The zero-order chi connectivity index (χ0) is 15.3. The molecule has 2 radical (unpaired) electrons. The molecule has 4 rings (SSSR count). The van der Waals surface area contributed by atoms with Gasteiger partial charge in [-0.15, -0.1) is 0 Å². The molecule has 0 amide bonds. The number of H-pyrrole nitrogens is 1. The van der Waals surface area contributed by atoms with Crippen LogP contribution in [0, 0.1) is 0 Å². The van der Waals surface area contributed by atoms with Crippen LogP contribution in [0.2, 0.25) is 5.02 Å². The Morgan fingerprint density at radius 3 is 2.82 bits per heavy atom. The van der Waals surface area contributed by atoms with Gasteiger partial charge in [0, 0.05) is 10.9 Å². The minimum atomic E-state index is -0.352. The third-order valence-electron chi connectivity index (χ3n) is 3.48. The lowest BCUT2D eigenvalue weighted by Gasteiger charge is -2.02. The summed E-state index contributed by atoms with van der Waals surface area (Å²) >= 11 is 6.17. The van der Waals surface area contributed by atoms with E-state index in [4.69, 9.17) is 23.9 Å². The second kappa shape index (κ2) is 4.75. The van der Waals surface area contributed by atoms with Crippen LogP contribution in [0.3, 0.4) is 0 Å². The first-order valence-electron chi connectivity index (χ1n) is 6.60. The van der Waals surface area contributed by atoms with Crippen molar-refractivity contribution in [3.63, 3.8) is 0 Å². The fourth-order valence-corrected chi connectivity index (χ4v) is 2.68. The highest BCUT2D eigenvalue weighted by molar-refractivity contribution is 6.34. The number of hydrogen-bond donors (Lipinski definition) is 1. The molecule has 2 aromatic heterocycles. The molecule has 0 atom stereocenters. The second-order valence-corrected chi connectivity index (χ2v) is 5.34. The monoisotopic (exact) mass is 306 g/mol. The van der Waals surface area contributed by atoms with Crippen LogP contribution in [0.5, 0.6) is 0 Å². The molecule has 4 aromatic rings. The Labute approximate surface area is 131 Å². The molecule has 1 N–H and O–H groups in total. The zero-order valence-corrected chi connectivity index (χ0v) is 12.0. The lowest BCUT2D eigenvalue weighted by molar-refractivity contribution is 0.661. The Bertz CT molecular complexity index is 1080. The first-order valence-corrected chi connectivity index (χ1v) is 6.98. The van der Waals surface area contributed by atoms with Crippen LogP contribution in [0.1, 0.15) is 0 Å². The third kappa shape index (κ3) is 1.94. The first-order chi connectivity index (χ1) is 10.6. The Hall–Kier alpha value is -2.53. The Kier molecular flexibility index (Phi) is 2.84. The average Bonchev–Trinajstić information content (AvgIpc) is 2.86. The molecule has 0 aliphatic carbocycles. The highest BCUT2D eigenvalue weighted by Crippen LogP contribution is 2.28. The summed E-state index contributed by atoms with van der Waals surface area (Å²) in [5.74, 6) is 0.397. The molecule has 2 heterocycles. The summed E-state index contributed by atoms with van der Waals surface area (Å²) in [5, 5.41) is 1.21. The number of nitrogens with one attached hydrogen (secondary N) is 1. The van der Waals surface area contributed by atoms with E-state index in [2.05, 4.69) is 9.97 Å². The number of furan rings is 1. The Balaban J connectivity index is 2.11. The van der Waals surface area contributed by atoms with Gasteiger partial charge in [0.2, 0.25) is 5.58 Å². The van der Waals surface area contributed by atoms with E-state index < -0.39 is 0 Å². The number of hydrogen-bond acceptors (Lipinski definition) is 3. The van der Waals surface area contributed by atoms with E-state index in [1.165, 1.54) is 0 Å². The SMILES string of the molecule is [B]c1ccc2oc3c(=O)[nH]c(-c4ccccc4Cl)nc3c2c1. The van der Waals surface area contributed by atoms with Crippen LogP contribution in [-0.4, -0.2) is 17.8 Å². The van der Waals surface area contributed by atoms with Crippen molar-refractivity contribution in [3.05, 3.63) is 57.8 Å². The maximum absolute atomic E-state index is 12.3. The Morgan fingerprint density at radius 2 is 2.00 bits per heavy atom. The number of halogens is 1. The molecule has 0 unspecified atom stereocenters. The van der Waals surface area contributed by atoms with Crippen molar-refractivity contribution in [2.75, 3.05) is 0 Å². The highest BCUT2D eigenvalue weighted by atomic mass is 35.5. The second-order valence-electron chi connectivity index (χ2n) is 4.93. The smallest absolute Gasteiger partial charge is 0.294 e. The van der Waals surface area contributed by atoms with E-state index in [1.54, 1.807) is 30.3 Å². The van der Waals surface area contributed by atoms with Crippen molar-refractivity contribution >= 4 is 47.0 Å². The average molecular weight is 307 g/mol. The lowest BCUT2D eigenvalue weighted by atomic mass is 9.95. The minimum Gasteiger partial charge on any atom is -0.449 e. The third-order valence-corrected chi connectivity index (χ3v) is 3.81. The van der Waals surface area contributed by atoms with Crippen LogP contribution in [0.4, 0.5) is 0 Å². The van der Waals surface area contributed by atoms with Gasteiger partial charge in [0.15, 0.2) is 0 Å². The molecule has 0 bridgehead atoms. The van der Waals surface area contributed by atoms with Gasteiger partial charge in [0.25, 0.3) is 5.56 Å². The molecule has 0 saturated heterocycles. The van der Waals surface area contributed by atoms with Gasteiger partial charge in [-0.2, -0.15) is 0 Å². The fraction of sp³-hybridized carbons (Fsp3) is 0. The summed E-state index contributed by atoms with van der Waals surface area (Å²) in [6.07, 6.45) is 0. The van der Waals surface area contributed by atoms with Gasteiger partial charge in [0.05, 0.1) is 5.02 Å². The van der Waals surface area contributed by atoms with Gasteiger partial charge in [-0.3, -0.25) is 4.79 Å². The predicted octanol–water partition coefficient (Wildman–Crippen LogP) is 2.78. The zero-order valence-electron chi connectivity index (χ0n) is 11.3. The molecule has 0 spiro atoms. The van der Waals surface area contributed by atoms with Crippen LogP contribution in [-0.2, 0) is 0 Å². The highest BCUT2D eigenvalue weighted by Gasteiger charge is 2.15. The van der Waals surface area contributed by atoms with E-state index in [0.29, 0.717) is 38.4 Å². The van der Waals surface area contributed by atoms with Crippen LogP contribution >= 0.6 is 11.6 Å². The molecule has 2 aromatic carbocycles. The summed E-state index contributed by atoms with van der Waals surface area (Å²) in [6, 6.07) is 12.4. The van der Waals surface area contributed by atoms with Crippen molar-refractivity contribution in [1.82, 2.24) is 9.97 Å². The molecule has 6 heteroatoms. The van der Waals surface area contributed by atoms with Crippen molar-refractivity contribution in [3.8, 4) is 11.4 Å². The molecular weight excluding hydrogens is 298 g/mol. The number of aromatic amines is 1. The summed E-state index contributed by atoms with van der Waals surface area (Å²) in [5.41, 5.74) is 2.10. The van der Waals surface area contributed by atoms with Gasteiger partial charge < -0.3 is 9.40 Å². The molecule has 0 fully saturated rings. The molecule has 4 nitrogen and oxygen atoms in total. The van der Waals surface area contributed by atoms with Gasteiger partial charge in [-0.1, -0.05) is 41.3 Å². The van der Waals surface area contributed by atoms with E-state index in [9.17, 15) is 4.79 Å². The topological polar surface area (TPSA) is 58.9 Å². The molecule has 0 aliphatic heterocycles. The van der Waals surface area contributed by atoms with Gasteiger partial charge in [-0.05, 0) is 18.2 Å². The van der Waals surface area contributed by atoms with E-state index in [1.807, 2.05) is 12.1 Å². The Morgan fingerprint density at radius 1 is 1.18 bits per heavy atom. The standard InChI is InChI=1S/C16H8BClN2O2/c17-8-5-6-12-10(7-8)13-14(22-12)16(21)20-15(19-13)9-3-1-2-4-11(9)18/h1-7H,(H,19,20,21). The lowest BCUT2D eigenvalue weighted by Crippen LogP contribution is -2.08. The number of rotatable bonds is 1. The molecule has 0 aliphatic rings. The largest absolute Gasteiger partial charge is 0.449 e. The maximum Gasteiger partial charge on any atom is 0.294 e. The first kappa shape index (κ1) is 13.2. The van der Waals surface area contributed by atoms with Gasteiger partial charge in [-0.25, -0.2) is 4.98 Å². The number of nitrogens with zero attached hydrogens (tertiary/aromatic N) is 1. The number of benzene rings is 2. The molecule has 0 saturated carbocycles. The minimum absolute atomic E-state index is 0.177. The summed E-state index contributed by atoms with van der Waals surface area (Å²) in [6.45, 7) is 0. The maximum atomic E-state index is 12.3.